The molecule has 0 bridgehead atoms. The standard InChI is InChI=1S/C22H24F2N2O/c1-15-12-17(23)3-5-18(15)19-4-2-16(13-20(19)24)21(27)26-10-7-22(8-11-26)6-9-25-14-22/h2-5,12-13,25H,6-11,14H2,1H3. The van der Waals surface area contributed by atoms with E-state index in [1.54, 1.807) is 25.1 Å². The molecule has 2 heterocycles. The Hall–Kier alpha value is -2.27. The van der Waals surface area contributed by atoms with Crippen molar-refractivity contribution in [2.75, 3.05) is 26.2 Å². The van der Waals surface area contributed by atoms with Gasteiger partial charge in [0.2, 0.25) is 0 Å². The molecule has 2 aliphatic rings. The average molecular weight is 370 g/mol. The quantitative estimate of drug-likeness (QED) is 0.861. The van der Waals surface area contributed by atoms with Gasteiger partial charge in [0.05, 0.1) is 0 Å². The summed E-state index contributed by atoms with van der Waals surface area (Å²) in [5.41, 5.74) is 2.41. The van der Waals surface area contributed by atoms with Crippen molar-refractivity contribution >= 4 is 5.91 Å². The fourth-order valence-electron chi connectivity index (χ4n) is 4.38. The molecule has 4 rings (SSSR count). The SMILES string of the molecule is Cc1cc(F)ccc1-c1ccc(C(=O)N2CCC3(CCNC3)CC2)cc1F. The highest BCUT2D eigenvalue weighted by molar-refractivity contribution is 5.95. The molecule has 2 saturated heterocycles. The number of nitrogens with one attached hydrogen (secondary N) is 1. The number of hydrogen-bond acceptors (Lipinski definition) is 2. The molecular weight excluding hydrogens is 346 g/mol. The van der Waals surface area contributed by atoms with Gasteiger partial charge in [0.1, 0.15) is 11.6 Å². The maximum absolute atomic E-state index is 14.7. The molecule has 0 saturated carbocycles. The Labute approximate surface area is 158 Å². The van der Waals surface area contributed by atoms with Crippen molar-refractivity contribution in [3.63, 3.8) is 0 Å². The molecule has 0 aromatic heterocycles. The molecule has 0 unspecified atom stereocenters. The van der Waals surface area contributed by atoms with Gasteiger partial charge in [-0.2, -0.15) is 0 Å². The van der Waals surface area contributed by atoms with Crippen molar-refractivity contribution in [2.45, 2.75) is 26.2 Å². The summed E-state index contributed by atoms with van der Waals surface area (Å²) in [5.74, 6) is -0.912. The average Bonchev–Trinajstić information content (AvgIpc) is 3.10. The van der Waals surface area contributed by atoms with E-state index in [0.29, 0.717) is 27.7 Å². The van der Waals surface area contributed by atoms with Crippen molar-refractivity contribution < 1.29 is 13.6 Å². The zero-order valence-corrected chi connectivity index (χ0v) is 15.5. The van der Waals surface area contributed by atoms with E-state index in [-0.39, 0.29) is 11.7 Å². The highest BCUT2D eigenvalue weighted by atomic mass is 19.1. The molecule has 0 aliphatic carbocycles. The Kier molecular flexibility index (Phi) is 4.72. The lowest BCUT2D eigenvalue weighted by molar-refractivity contribution is 0.0607. The first kappa shape index (κ1) is 18.1. The first-order chi connectivity index (χ1) is 13.0. The number of rotatable bonds is 2. The van der Waals surface area contributed by atoms with Crippen molar-refractivity contribution in [2.24, 2.45) is 5.41 Å². The molecular formula is C22H24F2N2O. The summed E-state index contributed by atoms with van der Waals surface area (Å²) in [6.07, 6.45) is 3.18. The normalized spacial score (nSPS) is 18.9. The van der Waals surface area contributed by atoms with E-state index in [0.717, 1.165) is 39.0 Å². The molecule has 5 heteroatoms. The minimum absolute atomic E-state index is 0.114. The van der Waals surface area contributed by atoms with E-state index in [4.69, 9.17) is 0 Å². The Bertz CT molecular complexity index is 865. The summed E-state index contributed by atoms with van der Waals surface area (Å²) >= 11 is 0. The predicted molar refractivity (Wildman–Crippen MR) is 102 cm³/mol. The van der Waals surface area contributed by atoms with Gasteiger partial charge in [-0.1, -0.05) is 12.1 Å². The van der Waals surface area contributed by atoms with Crippen molar-refractivity contribution in [1.82, 2.24) is 10.2 Å². The number of nitrogens with zero attached hydrogens (tertiary/aromatic N) is 1. The van der Waals surface area contributed by atoms with Gasteiger partial charge in [-0.25, -0.2) is 8.78 Å². The second-order valence-corrected chi connectivity index (χ2v) is 7.87. The molecule has 2 aliphatic heterocycles. The van der Waals surface area contributed by atoms with Crippen LogP contribution in [0.1, 0.15) is 35.2 Å². The van der Waals surface area contributed by atoms with Crippen LogP contribution in [0, 0.1) is 24.0 Å². The van der Waals surface area contributed by atoms with Gasteiger partial charge < -0.3 is 10.2 Å². The van der Waals surface area contributed by atoms with Crippen LogP contribution in [-0.2, 0) is 0 Å². The minimum Gasteiger partial charge on any atom is -0.339 e. The summed E-state index contributed by atoms with van der Waals surface area (Å²) < 4.78 is 28.0. The molecule has 27 heavy (non-hydrogen) atoms. The van der Waals surface area contributed by atoms with Gasteiger partial charge in [0, 0.05) is 30.8 Å². The lowest BCUT2D eigenvalue weighted by Gasteiger charge is -2.38. The van der Waals surface area contributed by atoms with Gasteiger partial charge in [-0.05, 0) is 73.5 Å². The monoisotopic (exact) mass is 370 g/mol. The molecule has 0 radical (unpaired) electrons. The van der Waals surface area contributed by atoms with Crippen LogP contribution in [0.15, 0.2) is 36.4 Å². The smallest absolute Gasteiger partial charge is 0.253 e. The molecule has 0 atom stereocenters. The van der Waals surface area contributed by atoms with Gasteiger partial charge in [0.25, 0.3) is 5.91 Å². The van der Waals surface area contributed by atoms with E-state index in [1.807, 2.05) is 4.90 Å². The Morgan fingerprint density at radius 1 is 1.04 bits per heavy atom. The number of aryl methyl sites for hydroxylation is 1. The maximum Gasteiger partial charge on any atom is 0.253 e. The number of amides is 1. The molecule has 142 valence electrons. The first-order valence-electron chi connectivity index (χ1n) is 9.54. The van der Waals surface area contributed by atoms with E-state index >= 15 is 0 Å². The predicted octanol–water partition coefficient (Wildman–Crippen LogP) is 4.16. The molecule has 2 aromatic carbocycles. The number of hydrogen-bond donors (Lipinski definition) is 1. The zero-order chi connectivity index (χ0) is 19.0. The van der Waals surface area contributed by atoms with E-state index in [9.17, 15) is 13.6 Å². The van der Waals surface area contributed by atoms with Crippen LogP contribution in [0.5, 0.6) is 0 Å². The fourth-order valence-corrected chi connectivity index (χ4v) is 4.38. The number of carbonyl (C=O) groups is 1. The molecule has 2 aromatic rings. The minimum atomic E-state index is -0.455. The summed E-state index contributed by atoms with van der Waals surface area (Å²) in [6.45, 7) is 5.29. The van der Waals surface area contributed by atoms with Crippen LogP contribution in [0.4, 0.5) is 8.78 Å². The zero-order valence-electron chi connectivity index (χ0n) is 15.5. The summed E-state index contributed by atoms with van der Waals surface area (Å²) in [5, 5.41) is 3.42. The summed E-state index contributed by atoms with van der Waals surface area (Å²) in [7, 11) is 0. The summed E-state index contributed by atoms with van der Waals surface area (Å²) in [4.78, 5) is 14.6. The highest BCUT2D eigenvalue weighted by Gasteiger charge is 2.38. The third-order valence-corrected chi connectivity index (χ3v) is 6.14. The van der Waals surface area contributed by atoms with Crippen LogP contribution in [-0.4, -0.2) is 37.0 Å². The van der Waals surface area contributed by atoms with Crippen molar-refractivity contribution in [3.8, 4) is 11.1 Å². The second-order valence-electron chi connectivity index (χ2n) is 7.87. The Balaban J connectivity index is 1.51. The molecule has 3 nitrogen and oxygen atoms in total. The number of piperidine rings is 1. The lowest BCUT2D eigenvalue weighted by Crippen LogP contribution is -2.44. The first-order valence-corrected chi connectivity index (χ1v) is 9.54. The van der Waals surface area contributed by atoms with Gasteiger partial charge in [-0.3, -0.25) is 4.79 Å². The van der Waals surface area contributed by atoms with E-state index in [2.05, 4.69) is 5.32 Å². The van der Waals surface area contributed by atoms with Gasteiger partial charge in [-0.15, -0.1) is 0 Å². The number of halogens is 2. The summed E-state index contributed by atoms with van der Waals surface area (Å²) in [6, 6.07) is 8.88. The largest absolute Gasteiger partial charge is 0.339 e. The van der Waals surface area contributed by atoms with Crippen LogP contribution >= 0.6 is 0 Å². The van der Waals surface area contributed by atoms with Crippen LogP contribution < -0.4 is 5.32 Å². The van der Waals surface area contributed by atoms with Gasteiger partial charge >= 0.3 is 0 Å². The highest BCUT2D eigenvalue weighted by Crippen LogP contribution is 2.37. The topological polar surface area (TPSA) is 32.3 Å². The number of likely N-dealkylation sites (tertiary alicyclic amines) is 1. The van der Waals surface area contributed by atoms with E-state index in [1.165, 1.54) is 24.6 Å². The third-order valence-electron chi connectivity index (χ3n) is 6.14. The Morgan fingerprint density at radius 3 is 2.41 bits per heavy atom. The molecule has 2 fully saturated rings. The number of benzene rings is 2. The maximum atomic E-state index is 14.7. The number of carbonyl (C=O) groups excluding carboxylic acids is 1. The third kappa shape index (κ3) is 3.48. The molecule has 1 amide bonds. The second kappa shape index (κ2) is 7.04. The van der Waals surface area contributed by atoms with Crippen LogP contribution in [0.2, 0.25) is 0 Å². The van der Waals surface area contributed by atoms with Crippen molar-refractivity contribution in [3.05, 3.63) is 59.2 Å². The van der Waals surface area contributed by atoms with E-state index < -0.39 is 5.82 Å². The van der Waals surface area contributed by atoms with Crippen LogP contribution in [0.25, 0.3) is 11.1 Å². The lowest BCUT2D eigenvalue weighted by atomic mass is 9.78. The Morgan fingerprint density at radius 2 is 1.78 bits per heavy atom. The van der Waals surface area contributed by atoms with Crippen LogP contribution in [0.3, 0.4) is 0 Å². The molecule has 1 spiro atoms. The fraction of sp³-hybridized carbons (Fsp3) is 0.409. The molecule has 1 N–H and O–H groups in total. The van der Waals surface area contributed by atoms with Crippen molar-refractivity contribution in [1.29, 1.82) is 0 Å². The van der Waals surface area contributed by atoms with Gasteiger partial charge in [0.15, 0.2) is 0 Å².